The van der Waals surface area contributed by atoms with Gasteiger partial charge < -0.3 is 13.9 Å². The van der Waals surface area contributed by atoms with Gasteiger partial charge in [0.15, 0.2) is 0 Å². The number of nitriles is 1. The molecule has 3 aromatic rings. The van der Waals surface area contributed by atoms with Crippen LogP contribution in [0.3, 0.4) is 0 Å². The molecule has 10 heteroatoms. The van der Waals surface area contributed by atoms with Crippen LogP contribution >= 0.6 is 0 Å². The van der Waals surface area contributed by atoms with Crippen molar-refractivity contribution in [1.82, 2.24) is 4.72 Å². The minimum absolute atomic E-state index is 0.0451. The van der Waals surface area contributed by atoms with E-state index >= 15 is 0 Å². The molecular weight excluding hydrogens is 412 g/mol. The van der Waals surface area contributed by atoms with Crippen LogP contribution in [0.15, 0.2) is 62.6 Å². The second-order valence-electron chi connectivity index (χ2n) is 6.05. The summed E-state index contributed by atoms with van der Waals surface area (Å²) in [6.45, 7) is -0.904. The Balaban J connectivity index is 1.69. The van der Waals surface area contributed by atoms with Gasteiger partial charge in [0.1, 0.15) is 30.6 Å². The first kappa shape index (κ1) is 21.0. The molecule has 0 amide bonds. The van der Waals surface area contributed by atoms with E-state index < -0.39 is 28.2 Å². The van der Waals surface area contributed by atoms with Gasteiger partial charge in [0, 0.05) is 23.1 Å². The lowest BCUT2D eigenvalue weighted by atomic mass is 10.1. The number of rotatable bonds is 7. The van der Waals surface area contributed by atoms with Crippen molar-refractivity contribution in [2.24, 2.45) is 0 Å². The summed E-state index contributed by atoms with van der Waals surface area (Å²) < 4.78 is 42.1. The Morgan fingerprint density at radius 3 is 2.70 bits per heavy atom. The molecule has 0 radical (unpaired) electrons. The zero-order chi connectivity index (χ0) is 21.7. The summed E-state index contributed by atoms with van der Waals surface area (Å²) in [7, 11) is -2.61. The fourth-order valence-electron chi connectivity index (χ4n) is 2.69. The van der Waals surface area contributed by atoms with Crippen LogP contribution in [-0.4, -0.2) is 28.0 Å². The predicted octanol–water partition coefficient (Wildman–Crippen LogP) is 1.69. The minimum atomic E-state index is -4.08. The van der Waals surface area contributed by atoms with Gasteiger partial charge in [-0.15, -0.1) is 0 Å². The van der Waals surface area contributed by atoms with E-state index in [0.29, 0.717) is 16.7 Å². The monoisotopic (exact) mass is 428 g/mol. The summed E-state index contributed by atoms with van der Waals surface area (Å²) in [4.78, 5) is 23.6. The lowest BCUT2D eigenvalue weighted by Gasteiger charge is -2.10. The van der Waals surface area contributed by atoms with Gasteiger partial charge in [-0.25, -0.2) is 13.2 Å². The van der Waals surface area contributed by atoms with E-state index in [9.17, 15) is 18.0 Å². The molecule has 0 fully saturated rings. The lowest BCUT2D eigenvalue weighted by molar-refractivity contribution is -0.143. The molecule has 1 aromatic heterocycles. The predicted molar refractivity (Wildman–Crippen MR) is 105 cm³/mol. The first-order valence-corrected chi connectivity index (χ1v) is 10.1. The van der Waals surface area contributed by atoms with Crippen molar-refractivity contribution in [1.29, 1.82) is 5.26 Å². The average Bonchev–Trinajstić information content (AvgIpc) is 2.75. The number of esters is 1. The van der Waals surface area contributed by atoms with Crippen molar-refractivity contribution in [3.05, 3.63) is 70.1 Å². The molecule has 1 N–H and O–H groups in total. The lowest BCUT2D eigenvalue weighted by Crippen LogP contribution is -2.31. The molecule has 0 atom stereocenters. The van der Waals surface area contributed by atoms with Crippen LogP contribution in [0.1, 0.15) is 11.1 Å². The van der Waals surface area contributed by atoms with Gasteiger partial charge in [-0.2, -0.15) is 9.98 Å². The fourth-order valence-corrected chi connectivity index (χ4v) is 3.82. The van der Waals surface area contributed by atoms with Gasteiger partial charge in [-0.05, 0) is 24.3 Å². The van der Waals surface area contributed by atoms with Crippen LogP contribution in [0.5, 0.6) is 5.75 Å². The quantitative estimate of drug-likeness (QED) is 0.444. The molecule has 1 heterocycles. The van der Waals surface area contributed by atoms with E-state index in [0.717, 1.165) is 0 Å². The maximum atomic E-state index is 12.3. The van der Waals surface area contributed by atoms with E-state index in [4.69, 9.17) is 19.2 Å². The number of benzene rings is 2. The van der Waals surface area contributed by atoms with Crippen molar-refractivity contribution in [2.45, 2.75) is 11.5 Å². The van der Waals surface area contributed by atoms with E-state index in [-0.39, 0.29) is 22.6 Å². The Hall–Kier alpha value is -3.68. The van der Waals surface area contributed by atoms with Crippen LogP contribution in [0.2, 0.25) is 0 Å². The number of hydrogen-bond acceptors (Lipinski definition) is 8. The van der Waals surface area contributed by atoms with Gasteiger partial charge in [0.05, 0.1) is 17.6 Å². The van der Waals surface area contributed by atoms with Crippen molar-refractivity contribution < 1.29 is 27.1 Å². The van der Waals surface area contributed by atoms with Gasteiger partial charge in [-0.1, -0.05) is 12.1 Å². The Morgan fingerprint density at radius 1 is 1.20 bits per heavy atom. The number of hydrogen-bond donors (Lipinski definition) is 1. The highest BCUT2D eigenvalue weighted by Gasteiger charge is 2.19. The molecule has 0 aliphatic heterocycles. The van der Waals surface area contributed by atoms with Gasteiger partial charge in [-0.3, -0.25) is 4.79 Å². The number of carbonyl (C=O) groups is 1. The zero-order valence-electron chi connectivity index (χ0n) is 15.7. The minimum Gasteiger partial charge on any atom is -0.497 e. The number of ether oxygens (including phenoxy) is 2. The molecule has 9 nitrogen and oxygen atoms in total. The molecule has 3 rings (SSSR count). The number of carbonyl (C=O) groups excluding carboxylic acids is 1. The summed E-state index contributed by atoms with van der Waals surface area (Å²) in [5, 5.41) is 9.58. The van der Waals surface area contributed by atoms with Gasteiger partial charge in [0.25, 0.3) is 0 Å². The summed E-state index contributed by atoms with van der Waals surface area (Å²) in [6, 6.07) is 13.4. The fraction of sp³-hybridized carbons (Fsp3) is 0.150. The van der Waals surface area contributed by atoms with Crippen molar-refractivity contribution >= 4 is 27.0 Å². The van der Waals surface area contributed by atoms with Gasteiger partial charge >= 0.3 is 11.6 Å². The Morgan fingerprint density at radius 2 is 1.97 bits per heavy atom. The van der Waals surface area contributed by atoms with Crippen LogP contribution < -0.4 is 15.1 Å². The highest BCUT2D eigenvalue weighted by atomic mass is 32.2. The van der Waals surface area contributed by atoms with E-state index in [1.807, 2.05) is 0 Å². The summed E-state index contributed by atoms with van der Waals surface area (Å²) in [5.74, 6) is -0.366. The molecular formula is C20H16N2O7S. The molecule has 154 valence electrons. The molecule has 0 unspecified atom stereocenters. The van der Waals surface area contributed by atoms with Crippen molar-refractivity contribution in [3.63, 3.8) is 0 Å². The van der Waals surface area contributed by atoms with E-state index in [1.165, 1.54) is 43.5 Å². The highest BCUT2D eigenvalue weighted by Crippen LogP contribution is 2.23. The number of nitrogens with zero attached hydrogens (tertiary/aromatic N) is 1. The second kappa shape index (κ2) is 8.77. The van der Waals surface area contributed by atoms with Crippen LogP contribution in [-0.2, 0) is 26.2 Å². The molecule has 0 bridgehead atoms. The maximum absolute atomic E-state index is 12.3. The third kappa shape index (κ3) is 4.65. The van der Waals surface area contributed by atoms with Crippen LogP contribution in [0, 0.1) is 11.3 Å². The number of nitrogens with one attached hydrogen (secondary N) is 1. The smallest absolute Gasteiger partial charge is 0.336 e. The molecule has 0 aliphatic rings. The molecule has 2 aromatic carbocycles. The second-order valence-corrected chi connectivity index (χ2v) is 7.78. The standard InChI is InChI=1S/C20H16N2O7S/c1-27-15-6-7-16-14(8-19(23)29-17(16)9-15)12-28-20(24)11-22-30(25,26)18-5-3-2-4-13(18)10-21/h2-9,22H,11-12H2,1H3. The van der Waals surface area contributed by atoms with E-state index in [2.05, 4.69) is 4.72 Å². The maximum Gasteiger partial charge on any atom is 0.336 e. The van der Waals surface area contributed by atoms with Crippen LogP contribution in [0.25, 0.3) is 11.0 Å². The normalized spacial score (nSPS) is 11.1. The Kier molecular flexibility index (Phi) is 6.15. The molecule has 0 saturated heterocycles. The molecule has 0 aliphatic carbocycles. The van der Waals surface area contributed by atoms with Crippen molar-refractivity contribution in [3.8, 4) is 11.8 Å². The largest absolute Gasteiger partial charge is 0.497 e. The first-order chi connectivity index (χ1) is 14.3. The third-order valence-corrected chi connectivity index (χ3v) is 5.59. The number of methoxy groups -OCH3 is 1. The topological polar surface area (TPSA) is 136 Å². The molecule has 30 heavy (non-hydrogen) atoms. The highest BCUT2D eigenvalue weighted by molar-refractivity contribution is 7.89. The zero-order valence-corrected chi connectivity index (χ0v) is 16.6. The van der Waals surface area contributed by atoms with Gasteiger partial charge in [0.2, 0.25) is 10.0 Å². The number of sulfonamides is 1. The Bertz CT molecular complexity index is 1310. The summed E-state index contributed by atoms with van der Waals surface area (Å²) in [6.07, 6.45) is 0. The number of fused-ring (bicyclic) bond motifs is 1. The summed E-state index contributed by atoms with van der Waals surface area (Å²) in [5.41, 5.74) is -0.0106. The third-order valence-electron chi connectivity index (χ3n) is 4.13. The molecule has 0 spiro atoms. The molecule has 0 saturated carbocycles. The van der Waals surface area contributed by atoms with Crippen molar-refractivity contribution in [2.75, 3.05) is 13.7 Å². The first-order valence-electron chi connectivity index (χ1n) is 8.59. The SMILES string of the molecule is COc1ccc2c(COC(=O)CNS(=O)(=O)c3ccccc3C#N)cc(=O)oc2c1. The summed E-state index contributed by atoms with van der Waals surface area (Å²) >= 11 is 0. The van der Waals surface area contributed by atoms with Crippen LogP contribution in [0.4, 0.5) is 0 Å². The Labute approximate surface area is 171 Å². The average molecular weight is 428 g/mol. The van der Waals surface area contributed by atoms with E-state index in [1.54, 1.807) is 18.2 Å².